The van der Waals surface area contributed by atoms with Crippen molar-refractivity contribution in [2.45, 2.75) is 13.1 Å². The number of benzene rings is 2. The molecule has 0 atom stereocenters. The second kappa shape index (κ2) is 7.83. The van der Waals surface area contributed by atoms with Crippen LogP contribution in [0.1, 0.15) is 16.7 Å². The highest BCUT2D eigenvalue weighted by atomic mass is 19.4. The lowest BCUT2D eigenvalue weighted by molar-refractivity contribution is -0.135. The molecule has 2 aromatic carbocycles. The molecular weight excluding hydrogens is 329 g/mol. The van der Waals surface area contributed by atoms with Crippen LogP contribution >= 0.6 is 0 Å². The molecular formula is C20H17F3O2. The van der Waals surface area contributed by atoms with Gasteiger partial charge in [0.15, 0.2) is 0 Å². The van der Waals surface area contributed by atoms with Crippen LogP contribution in [0.4, 0.5) is 13.2 Å². The molecule has 5 heteroatoms. The molecule has 0 aromatic heterocycles. The van der Waals surface area contributed by atoms with Crippen LogP contribution in [-0.4, -0.2) is 19.3 Å². The number of carbonyl (C=O) groups is 1. The van der Waals surface area contributed by atoms with E-state index in [1.165, 1.54) is 30.3 Å². The van der Waals surface area contributed by atoms with Crippen molar-refractivity contribution in [1.29, 1.82) is 0 Å². The van der Waals surface area contributed by atoms with Gasteiger partial charge in [0.25, 0.3) is 0 Å². The Balaban J connectivity index is 2.57. The Kier molecular flexibility index (Phi) is 5.80. The number of aryl methyl sites for hydroxylation is 1. The Morgan fingerprint density at radius 1 is 1.00 bits per heavy atom. The van der Waals surface area contributed by atoms with Crippen molar-refractivity contribution < 1.29 is 22.7 Å². The highest BCUT2D eigenvalue weighted by Crippen LogP contribution is 2.35. The van der Waals surface area contributed by atoms with Gasteiger partial charge in [0.2, 0.25) is 0 Å². The SMILES string of the molecule is COC(=O)C(=C/c1ccc(C)cc1)/C=C(\c1ccccc1)C(F)(F)F. The smallest absolute Gasteiger partial charge is 0.417 e. The van der Waals surface area contributed by atoms with E-state index in [0.717, 1.165) is 18.7 Å². The molecule has 0 fully saturated rings. The summed E-state index contributed by atoms with van der Waals surface area (Å²) in [6.07, 6.45) is -2.41. The lowest BCUT2D eigenvalue weighted by Gasteiger charge is -2.13. The van der Waals surface area contributed by atoms with Crippen LogP contribution in [0.5, 0.6) is 0 Å². The Hall–Kier alpha value is -2.82. The quantitative estimate of drug-likeness (QED) is 0.432. The predicted molar refractivity (Wildman–Crippen MR) is 91.6 cm³/mol. The summed E-state index contributed by atoms with van der Waals surface area (Å²) in [4.78, 5) is 12.0. The molecule has 0 N–H and O–H groups in total. The Morgan fingerprint density at radius 2 is 1.60 bits per heavy atom. The molecule has 130 valence electrons. The highest BCUT2D eigenvalue weighted by Gasteiger charge is 2.35. The van der Waals surface area contributed by atoms with Crippen LogP contribution in [-0.2, 0) is 9.53 Å². The third-order valence-corrected chi connectivity index (χ3v) is 3.51. The molecule has 0 aliphatic rings. The van der Waals surface area contributed by atoms with E-state index in [1.54, 1.807) is 18.2 Å². The number of allylic oxidation sites excluding steroid dienone is 1. The number of ether oxygens (including phenoxy) is 1. The first-order chi connectivity index (χ1) is 11.8. The summed E-state index contributed by atoms with van der Waals surface area (Å²) in [5, 5.41) is 0. The zero-order chi connectivity index (χ0) is 18.4. The van der Waals surface area contributed by atoms with Crippen LogP contribution in [0.25, 0.3) is 11.6 Å². The fourth-order valence-electron chi connectivity index (χ4n) is 2.22. The number of halogens is 3. The number of esters is 1. The van der Waals surface area contributed by atoms with E-state index in [9.17, 15) is 18.0 Å². The molecule has 0 amide bonds. The Bertz CT molecular complexity index is 786. The molecule has 0 bridgehead atoms. The van der Waals surface area contributed by atoms with E-state index < -0.39 is 17.7 Å². The summed E-state index contributed by atoms with van der Waals surface area (Å²) >= 11 is 0. The molecule has 0 spiro atoms. The standard InChI is InChI=1S/C20H17F3O2/c1-14-8-10-15(11-9-14)12-17(19(24)25-2)13-18(20(21,22)23)16-6-4-3-5-7-16/h3-13H,1-2H3/b17-12+,18-13+. The summed E-state index contributed by atoms with van der Waals surface area (Å²) in [6, 6.07) is 14.4. The largest absolute Gasteiger partial charge is 0.465 e. The fourth-order valence-corrected chi connectivity index (χ4v) is 2.22. The number of hydrogen-bond acceptors (Lipinski definition) is 2. The Morgan fingerprint density at radius 3 is 2.12 bits per heavy atom. The zero-order valence-electron chi connectivity index (χ0n) is 13.8. The van der Waals surface area contributed by atoms with Crippen LogP contribution in [0.15, 0.2) is 66.2 Å². The van der Waals surface area contributed by atoms with E-state index >= 15 is 0 Å². The van der Waals surface area contributed by atoms with Gasteiger partial charge in [-0.25, -0.2) is 4.79 Å². The topological polar surface area (TPSA) is 26.3 Å². The molecule has 0 aliphatic heterocycles. The van der Waals surface area contributed by atoms with Gasteiger partial charge < -0.3 is 4.74 Å². The minimum Gasteiger partial charge on any atom is -0.465 e. The van der Waals surface area contributed by atoms with E-state index in [-0.39, 0.29) is 11.1 Å². The van der Waals surface area contributed by atoms with Crippen LogP contribution in [0, 0.1) is 6.92 Å². The first kappa shape index (κ1) is 18.5. The minimum atomic E-state index is -4.61. The maximum absolute atomic E-state index is 13.5. The third-order valence-electron chi connectivity index (χ3n) is 3.51. The lowest BCUT2D eigenvalue weighted by Crippen LogP contribution is -2.13. The number of alkyl halides is 3. The van der Waals surface area contributed by atoms with Gasteiger partial charge in [-0.05, 0) is 30.2 Å². The second-order valence-electron chi connectivity index (χ2n) is 5.42. The number of methoxy groups -OCH3 is 1. The average molecular weight is 346 g/mol. The Labute approximate surface area is 144 Å². The van der Waals surface area contributed by atoms with Gasteiger partial charge >= 0.3 is 12.1 Å². The fraction of sp³-hybridized carbons (Fsp3) is 0.150. The number of rotatable bonds is 4. The molecule has 0 heterocycles. The van der Waals surface area contributed by atoms with Crippen LogP contribution < -0.4 is 0 Å². The van der Waals surface area contributed by atoms with E-state index in [2.05, 4.69) is 4.74 Å². The number of carbonyl (C=O) groups excluding carboxylic acids is 1. The molecule has 0 radical (unpaired) electrons. The summed E-state index contributed by atoms with van der Waals surface area (Å²) < 4.78 is 45.1. The van der Waals surface area contributed by atoms with Crippen LogP contribution in [0.2, 0.25) is 0 Å². The minimum absolute atomic E-state index is 0.0197. The predicted octanol–water partition coefficient (Wildman–Crippen LogP) is 5.20. The summed E-state index contributed by atoms with van der Waals surface area (Å²) in [5.41, 5.74) is 0.512. The number of hydrogen-bond donors (Lipinski definition) is 0. The van der Waals surface area contributed by atoms with Crippen molar-refractivity contribution >= 4 is 17.6 Å². The van der Waals surface area contributed by atoms with Crippen molar-refractivity contribution in [3.05, 3.63) is 82.9 Å². The van der Waals surface area contributed by atoms with Gasteiger partial charge in [0.05, 0.1) is 18.3 Å². The third kappa shape index (κ3) is 5.08. The monoisotopic (exact) mass is 346 g/mol. The van der Waals surface area contributed by atoms with Crippen LogP contribution in [0.3, 0.4) is 0 Å². The van der Waals surface area contributed by atoms with Crippen molar-refractivity contribution in [3.8, 4) is 0 Å². The van der Waals surface area contributed by atoms with E-state index in [0.29, 0.717) is 5.56 Å². The maximum Gasteiger partial charge on any atom is 0.417 e. The van der Waals surface area contributed by atoms with Crippen molar-refractivity contribution in [3.63, 3.8) is 0 Å². The van der Waals surface area contributed by atoms with Gasteiger partial charge in [-0.15, -0.1) is 0 Å². The summed E-state index contributed by atoms with van der Waals surface area (Å²) in [7, 11) is 1.13. The van der Waals surface area contributed by atoms with Gasteiger partial charge in [0.1, 0.15) is 0 Å². The lowest BCUT2D eigenvalue weighted by atomic mass is 10.0. The van der Waals surface area contributed by atoms with Gasteiger partial charge in [-0.1, -0.05) is 60.2 Å². The average Bonchev–Trinajstić information content (AvgIpc) is 2.59. The molecule has 2 aromatic rings. The molecule has 0 unspecified atom stereocenters. The van der Waals surface area contributed by atoms with Crippen molar-refractivity contribution in [2.75, 3.05) is 7.11 Å². The first-order valence-corrected chi connectivity index (χ1v) is 7.52. The molecule has 0 saturated carbocycles. The molecule has 0 saturated heterocycles. The molecule has 0 aliphatic carbocycles. The van der Waals surface area contributed by atoms with E-state index in [4.69, 9.17) is 0 Å². The highest BCUT2D eigenvalue weighted by molar-refractivity contribution is 5.99. The van der Waals surface area contributed by atoms with Crippen molar-refractivity contribution in [2.24, 2.45) is 0 Å². The molecule has 25 heavy (non-hydrogen) atoms. The van der Waals surface area contributed by atoms with E-state index in [1.807, 2.05) is 19.1 Å². The first-order valence-electron chi connectivity index (χ1n) is 7.52. The second-order valence-corrected chi connectivity index (χ2v) is 5.42. The molecule has 2 rings (SSSR count). The van der Waals surface area contributed by atoms with Gasteiger partial charge in [-0.2, -0.15) is 13.2 Å². The summed E-state index contributed by atoms with van der Waals surface area (Å²) in [6.45, 7) is 1.89. The summed E-state index contributed by atoms with van der Waals surface area (Å²) in [5.74, 6) is -0.835. The zero-order valence-corrected chi connectivity index (χ0v) is 13.8. The molecule has 2 nitrogen and oxygen atoms in total. The van der Waals surface area contributed by atoms with Gasteiger partial charge in [0, 0.05) is 0 Å². The normalized spacial score (nSPS) is 12.8. The maximum atomic E-state index is 13.5. The van der Waals surface area contributed by atoms with Crippen molar-refractivity contribution in [1.82, 2.24) is 0 Å². The van der Waals surface area contributed by atoms with Gasteiger partial charge in [-0.3, -0.25) is 0 Å².